The zero-order chi connectivity index (χ0) is 16.7. The summed E-state index contributed by atoms with van der Waals surface area (Å²) in [6, 6.07) is 4.16. The molecule has 1 aliphatic heterocycles. The van der Waals surface area contributed by atoms with Gasteiger partial charge in [0.15, 0.2) is 16.6 Å². The molecule has 1 aliphatic rings. The molecule has 0 amide bonds. The van der Waals surface area contributed by atoms with E-state index in [1.165, 1.54) is 36.8 Å². The number of ether oxygens (including phenoxy) is 2. The molecule has 0 spiro atoms. The smallest absolute Gasteiger partial charge is 0.169 e. The van der Waals surface area contributed by atoms with Gasteiger partial charge in [0.1, 0.15) is 0 Å². The van der Waals surface area contributed by atoms with Crippen LogP contribution in [0.3, 0.4) is 0 Å². The van der Waals surface area contributed by atoms with Crippen LogP contribution in [0.15, 0.2) is 12.1 Å². The number of rotatable bonds is 7. The summed E-state index contributed by atoms with van der Waals surface area (Å²) in [6.07, 6.45) is 5.99. The average Bonchev–Trinajstić information content (AvgIpc) is 2.59. The summed E-state index contributed by atoms with van der Waals surface area (Å²) in [4.78, 5) is 2.24. The molecule has 128 valence electrons. The maximum Gasteiger partial charge on any atom is 0.169 e. The van der Waals surface area contributed by atoms with Crippen molar-refractivity contribution >= 4 is 17.3 Å². The minimum Gasteiger partial charge on any atom is -0.493 e. The van der Waals surface area contributed by atoms with Crippen LogP contribution in [-0.4, -0.2) is 37.3 Å². The van der Waals surface area contributed by atoms with Gasteiger partial charge in [-0.1, -0.05) is 26.2 Å². The van der Waals surface area contributed by atoms with Gasteiger partial charge in [-0.15, -0.1) is 0 Å². The molecule has 1 N–H and O–H groups in total. The molecular weight excluding hydrogens is 308 g/mol. The first-order valence-electron chi connectivity index (χ1n) is 8.46. The Hall–Kier alpha value is -1.49. The summed E-state index contributed by atoms with van der Waals surface area (Å²) in [5.74, 6) is 1.59. The minimum atomic E-state index is 0.784. The van der Waals surface area contributed by atoms with Crippen LogP contribution in [0.25, 0.3) is 0 Å². The highest BCUT2D eigenvalue weighted by atomic mass is 32.1. The Balaban J connectivity index is 1.93. The fraction of sp³-hybridized carbons (Fsp3) is 0.611. The van der Waals surface area contributed by atoms with E-state index in [-0.39, 0.29) is 0 Å². The second kappa shape index (κ2) is 8.96. The number of nitrogens with one attached hydrogen (secondary N) is 1. The molecule has 0 aliphatic carbocycles. The van der Waals surface area contributed by atoms with Crippen LogP contribution in [-0.2, 0) is 13.0 Å². The van der Waals surface area contributed by atoms with Gasteiger partial charge < -0.3 is 19.7 Å². The van der Waals surface area contributed by atoms with E-state index >= 15 is 0 Å². The largest absolute Gasteiger partial charge is 0.493 e. The van der Waals surface area contributed by atoms with Gasteiger partial charge in [-0.05, 0) is 48.3 Å². The van der Waals surface area contributed by atoms with E-state index in [1.54, 1.807) is 14.2 Å². The highest BCUT2D eigenvalue weighted by Gasteiger charge is 2.20. The van der Waals surface area contributed by atoms with Crippen molar-refractivity contribution in [3.63, 3.8) is 0 Å². The van der Waals surface area contributed by atoms with Gasteiger partial charge in [-0.25, -0.2) is 0 Å². The first-order valence-corrected chi connectivity index (χ1v) is 8.87. The highest BCUT2D eigenvalue weighted by Crippen LogP contribution is 2.33. The molecule has 0 bridgehead atoms. The van der Waals surface area contributed by atoms with Crippen molar-refractivity contribution in [1.82, 2.24) is 10.2 Å². The van der Waals surface area contributed by atoms with Crippen LogP contribution in [0.2, 0.25) is 0 Å². The lowest BCUT2D eigenvalue weighted by Crippen LogP contribution is -2.42. The van der Waals surface area contributed by atoms with E-state index in [0.29, 0.717) is 0 Å². The second-order valence-corrected chi connectivity index (χ2v) is 6.33. The number of hydrogen-bond acceptors (Lipinski definition) is 3. The number of benzene rings is 1. The molecule has 0 saturated heterocycles. The monoisotopic (exact) mass is 336 g/mol. The molecule has 5 heteroatoms. The Kier molecular flexibility index (Phi) is 6.96. The summed E-state index contributed by atoms with van der Waals surface area (Å²) in [6.45, 7) is 4.97. The first kappa shape index (κ1) is 17.9. The lowest BCUT2D eigenvalue weighted by Gasteiger charge is -2.31. The van der Waals surface area contributed by atoms with Crippen LogP contribution in [0.1, 0.15) is 43.7 Å². The van der Waals surface area contributed by atoms with Crippen molar-refractivity contribution < 1.29 is 9.47 Å². The van der Waals surface area contributed by atoms with Gasteiger partial charge in [0, 0.05) is 19.6 Å². The van der Waals surface area contributed by atoms with Crippen LogP contribution in [0.5, 0.6) is 11.5 Å². The van der Waals surface area contributed by atoms with Gasteiger partial charge in [-0.3, -0.25) is 0 Å². The van der Waals surface area contributed by atoms with E-state index in [9.17, 15) is 0 Å². The third-order valence-corrected chi connectivity index (χ3v) is 4.71. The molecule has 0 radical (unpaired) electrons. The van der Waals surface area contributed by atoms with Crippen LogP contribution in [0, 0.1) is 0 Å². The Morgan fingerprint density at radius 3 is 2.48 bits per heavy atom. The number of hydrogen-bond donors (Lipinski definition) is 1. The summed E-state index contributed by atoms with van der Waals surface area (Å²) >= 11 is 5.55. The Labute approximate surface area is 145 Å². The quantitative estimate of drug-likeness (QED) is 0.609. The molecule has 1 aromatic rings. The van der Waals surface area contributed by atoms with Crippen LogP contribution < -0.4 is 14.8 Å². The maximum atomic E-state index is 5.55. The summed E-state index contributed by atoms with van der Waals surface area (Å²) in [5, 5.41) is 4.26. The fourth-order valence-electron chi connectivity index (χ4n) is 2.92. The molecule has 0 unspecified atom stereocenters. The van der Waals surface area contributed by atoms with Crippen LogP contribution in [0.4, 0.5) is 0 Å². The first-order chi connectivity index (χ1) is 11.2. The van der Waals surface area contributed by atoms with E-state index < -0.39 is 0 Å². The average molecular weight is 337 g/mol. The van der Waals surface area contributed by atoms with Gasteiger partial charge in [-0.2, -0.15) is 0 Å². The molecule has 0 saturated carbocycles. The Bertz CT molecular complexity index is 534. The lowest BCUT2D eigenvalue weighted by molar-refractivity contribution is 0.347. The fourth-order valence-corrected chi connectivity index (χ4v) is 3.17. The van der Waals surface area contributed by atoms with E-state index in [2.05, 4.69) is 29.3 Å². The van der Waals surface area contributed by atoms with Crippen molar-refractivity contribution in [3.8, 4) is 11.5 Å². The predicted octanol–water partition coefficient (Wildman–Crippen LogP) is 3.52. The molecule has 0 atom stereocenters. The topological polar surface area (TPSA) is 33.7 Å². The summed E-state index contributed by atoms with van der Waals surface area (Å²) in [7, 11) is 3.35. The maximum absolute atomic E-state index is 5.55. The zero-order valence-electron chi connectivity index (χ0n) is 14.5. The summed E-state index contributed by atoms with van der Waals surface area (Å²) < 4.78 is 10.8. The molecular formula is C18H28N2O2S. The van der Waals surface area contributed by atoms with E-state index in [1.807, 2.05) is 0 Å². The molecule has 0 aromatic heterocycles. The van der Waals surface area contributed by atoms with E-state index in [4.69, 9.17) is 21.7 Å². The zero-order valence-corrected chi connectivity index (χ0v) is 15.3. The Morgan fingerprint density at radius 1 is 1.13 bits per heavy atom. The minimum absolute atomic E-state index is 0.784. The van der Waals surface area contributed by atoms with Crippen molar-refractivity contribution in [2.75, 3.05) is 27.3 Å². The number of methoxy groups -OCH3 is 2. The second-order valence-electron chi connectivity index (χ2n) is 5.94. The summed E-state index contributed by atoms with van der Waals surface area (Å²) in [5.41, 5.74) is 2.59. The van der Waals surface area contributed by atoms with Crippen molar-refractivity contribution in [2.24, 2.45) is 0 Å². The van der Waals surface area contributed by atoms with Gasteiger partial charge in [0.05, 0.1) is 14.2 Å². The third-order valence-electron chi connectivity index (χ3n) is 4.31. The molecule has 23 heavy (non-hydrogen) atoms. The van der Waals surface area contributed by atoms with Crippen LogP contribution >= 0.6 is 12.2 Å². The standard InChI is InChI=1S/C18H28N2O2S/c1-4-5-6-7-9-19-18(23)20-10-8-14-11-16(21-2)17(22-3)12-15(14)13-20/h11-12H,4-10,13H2,1-3H3,(H,19,23). The van der Waals surface area contributed by atoms with Gasteiger partial charge in [0.25, 0.3) is 0 Å². The van der Waals surface area contributed by atoms with Crippen molar-refractivity contribution in [1.29, 1.82) is 0 Å². The van der Waals surface area contributed by atoms with Crippen molar-refractivity contribution in [2.45, 2.75) is 45.6 Å². The SMILES string of the molecule is CCCCCCNC(=S)N1CCc2cc(OC)c(OC)cc2C1. The third kappa shape index (κ3) is 4.74. The molecule has 4 nitrogen and oxygen atoms in total. The number of thiocarbonyl (C=S) groups is 1. The molecule has 1 heterocycles. The normalized spacial score (nSPS) is 13.4. The van der Waals surface area contributed by atoms with Gasteiger partial charge in [0.2, 0.25) is 0 Å². The molecule has 1 aromatic carbocycles. The number of unbranched alkanes of at least 4 members (excludes halogenated alkanes) is 3. The van der Waals surface area contributed by atoms with E-state index in [0.717, 1.165) is 42.7 Å². The number of fused-ring (bicyclic) bond motifs is 1. The lowest BCUT2D eigenvalue weighted by atomic mass is 9.99. The van der Waals surface area contributed by atoms with Crippen molar-refractivity contribution in [3.05, 3.63) is 23.3 Å². The van der Waals surface area contributed by atoms with Gasteiger partial charge >= 0.3 is 0 Å². The Morgan fingerprint density at radius 2 is 1.83 bits per heavy atom. The highest BCUT2D eigenvalue weighted by molar-refractivity contribution is 7.80. The molecule has 0 fully saturated rings. The number of nitrogens with zero attached hydrogens (tertiary/aromatic N) is 1. The predicted molar refractivity (Wildman–Crippen MR) is 98.4 cm³/mol. The molecule has 2 rings (SSSR count).